The Morgan fingerprint density at radius 2 is 1.80 bits per heavy atom. The third kappa shape index (κ3) is 4.08. The average Bonchev–Trinajstić information content (AvgIpc) is 3.43. The first-order valence-electron chi connectivity index (χ1n) is 11.8. The Morgan fingerprint density at radius 3 is 2.57 bits per heavy atom. The predicted octanol–water partition coefficient (Wildman–Crippen LogP) is 2.33. The van der Waals surface area contributed by atoms with Crippen LogP contribution in [0.15, 0.2) is 11.8 Å². The van der Waals surface area contributed by atoms with Gasteiger partial charge in [-0.05, 0) is 65.2 Å². The summed E-state index contributed by atoms with van der Waals surface area (Å²) < 4.78 is 0. The lowest BCUT2D eigenvalue weighted by molar-refractivity contribution is -0.143. The Bertz CT molecular complexity index is 715. The van der Waals surface area contributed by atoms with E-state index in [4.69, 9.17) is 0 Å². The number of nitrogens with zero attached hydrogens (tertiary/aromatic N) is 4. The zero-order chi connectivity index (χ0) is 21.3. The number of carbonyl (C=O) groups excluding carboxylic acids is 3. The molecule has 4 aliphatic heterocycles. The fourth-order valence-electron chi connectivity index (χ4n) is 5.66. The van der Waals surface area contributed by atoms with Crippen molar-refractivity contribution in [2.45, 2.75) is 89.9 Å². The molecule has 0 aromatic carbocycles. The molecule has 0 bridgehead atoms. The SMILES string of the molecule is CC1=CN(CCCC(=O)N2CCC[C@H]2C(=O)N2CCCC2)C2CCC[C@H](C)N2C1=O. The fraction of sp³-hybridized carbons (Fsp3) is 0.783. The molecule has 0 aromatic heterocycles. The lowest BCUT2D eigenvalue weighted by atomic mass is 9.96. The molecule has 0 aliphatic carbocycles. The summed E-state index contributed by atoms with van der Waals surface area (Å²) in [5.41, 5.74) is 0.780. The second-order valence-electron chi connectivity index (χ2n) is 9.40. The maximum atomic E-state index is 12.9. The van der Waals surface area contributed by atoms with Crippen LogP contribution in [0.25, 0.3) is 0 Å². The van der Waals surface area contributed by atoms with Crippen molar-refractivity contribution in [3.05, 3.63) is 11.8 Å². The van der Waals surface area contributed by atoms with Crippen molar-refractivity contribution < 1.29 is 14.4 Å². The van der Waals surface area contributed by atoms with Crippen molar-refractivity contribution in [3.63, 3.8) is 0 Å². The van der Waals surface area contributed by atoms with Gasteiger partial charge in [0.1, 0.15) is 12.2 Å². The first kappa shape index (κ1) is 21.2. The minimum atomic E-state index is -0.250. The van der Waals surface area contributed by atoms with Crippen molar-refractivity contribution in [2.75, 3.05) is 26.2 Å². The molecule has 7 heteroatoms. The Morgan fingerprint density at radius 1 is 1.03 bits per heavy atom. The van der Waals surface area contributed by atoms with Crippen LogP contribution >= 0.6 is 0 Å². The van der Waals surface area contributed by atoms with E-state index < -0.39 is 0 Å². The molecular formula is C23H36N4O3. The first-order valence-corrected chi connectivity index (χ1v) is 11.8. The highest BCUT2D eigenvalue weighted by Crippen LogP contribution is 2.31. The summed E-state index contributed by atoms with van der Waals surface area (Å²) in [4.78, 5) is 46.4. The maximum Gasteiger partial charge on any atom is 0.252 e. The summed E-state index contributed by atoms with van der Waals surface area (Å²) in [7, 11) is 0. The first-order chi connectivity index (χ1) is 14.5. The molecule has 166 valence electrons. The summed E-state index contributed by atoms with van der Waals surface area (Å²) >= 11 is 0. The standard InChI is InChI=1S/C23H36N4O3/c1-17-16-25(20-10-5-8-18(2)27(20)22(17)29)14-7-11-21(28)26-15-6-9-19(26)23(30)24-12-3-4-13-24/h16,18-20H,3-15H2,1-2H3/t18-,19-,20?/m0/s1. The highest BCUT2D eigenvalue weighted by molar-refractivity contribution is 5.94. The van der Waals surface area contributed by atoms with Gasteiger partial charge >= 0.3 is 0 Å². The van der Waals surface area contributed by atoms with Gasteiger partial charge in [0, 0.05) is 50.4 Å². The molecule has 4 rings (SSSR count). The Kier molecular flexibility index (Phi) is 6.34. The van der Waals surface area contributed by atoms with Crippen molar-refractivity contribution >= 4 is 17.7 Å². The summed E-state index contributed by atoms with van der Waals surface area (Å²) in [5.74, 6) is 0.408. The van der Waals surface area contributed by atoms with Gasteiger partial charge in [-0.2, -0.15) is 0 Å². The van der Waals surface area contributed by atoms with E-state index >= 15 is 0 Å². The molecule has 4 aliphatic rings. The lowest BCUT2D eigenvalue weighted by Gasteiger charge is -2.48. The van der Waals surface area contributed by atoms with E-state index in [1.807, 2.05) is 27.8 Å². The van der Waals surface area contributed by atoms with Gasteiger partial charge in [0.25, 0.3) is 5.91 Å². The van der Waals surface area contributed by atoms with Crippen LogP contribution in [0.1, 0.15) is 71.6 Å². The van der Waals surface area contributed by atoms with E-state index in [1.54, 1.807) is 0 Å². The quantitative estimate of drug-likeness (QED) is 0.690. The van der Waals surface area contributed by atoms with Crippen LogP contribution in [0.2, 0.25) is 0 Å². The molecule has 7 nitrogen and oxygen atoms in total. The highest BCUT2D eigenvalue weighted by Gasteiger charge is 2.39. The monoisotopic (exact) mass is 416 g/mol. The van der Waals surface area contributed by atoms with Gasteiger partial charge in [0.05, 0.1) is 0 Å². The predicted molar refractivity (Wildman–Crippen MR) is 114 cm³/mol. The molecule has 0 aromatic rings. The largest absolute Gasteiger partial charge is 0.357 e. The second-order valence-corrected chi connectivity index (χ2v) is 9.40. The molecule has 4 heterocycles. The van der Waals surface area contributed by atoms with Gasteiger partial charge in [-0.15, -0.1) is 0 Å². The Balaban J connectivity index is 1.32. The molecule has 3 fully saturated rings. The molecule has 0 saturated carbocycles. The number of rotatable bonds is 5. The molecule has 1 unspecified atom stereocenters. The van der Waals surface area contributed by atoms with Gasteiger partial charge in [0.15, 0.2) is 0 Å². The van der Waals surface area contributed by atoms with Crippen LogP contribution in [-0.4, -0.2) is 81.7 Å². The lowest BCUT2D eigenvalue weighted by Crippen LogP contribution is -2.58. The number of carbonyl (C=O) groups is 3. The molecule has 0 spiro atoms. The normalized spacial score (nSPS) is 29.3. The molecule has 3 amide bonds. The second kappa shape index (κ2) is 8.98. The minimum Gasteiger partial charge on any atom is -0.357 e. The highest BCUT2D eigenvalue weighted by atomic mass is 16.2. The van der Waals surface area contributed by atoms with Gasteiger partial charge in [-0.1, -0.05) is 0 Å². The van der Waals surface area contributed by atoms with Crippen molar-refractivity contribution in [1.29, 1.82) is 0 Å². The molecule has 0 N–H and O–H groups in total. The summed E-state index contributed by atoms with van der Waals surface area (Å²) in [6.07, 6.45) is 10.4. The molecule has 0 radical (unpaired) electrons. The van der Waals surface area contributed by atoms with Crippen LogP contribution in [0.5, 0.6) is 0 Å². The van der Waals surface area contributed by atoms with Gasteiger partial charge < -0.3 is 19.6 Å². The van der Waals surface area contributed by atoms with Gasteiger partial charge in [-0.25, -0.2) is 0 Å². The maximum absolute atomic E-state index is 12.9. The van der Waals surface area contributed by atoms with E-state index in [0.717, 1.165) is 76.6 Å². The number of piperidine rings is 1. The van der Waals surface area contributed by atoms with Crippen LogP contribution in [0.3, 0.4) is 0 Å². The van der Waals surface area contributed by atoms with E-state index in [2.05, 4.69) is 11.8 Å². The third-order valence-corrected chi connectivity index (χ3v) is 7.28. The molecular weight excluding hydrogens is 380 g/mol. The number of hydrogen-bond donors (Lipinski definition) is 0. The number of likely N-dealkylation sites (tertiary alicyclic amines) is 2. The van der Waals surface area contributed by atoms with Crippen LogP contribution < -0.4 is 0 Å². The van der Waals surface area contributed by atoms with E-state index in [-0.39, 0.29) is 36.0 Å². The number of amides is 3. The fourth-order valence-corrected chi connectivity index (χ4v) is 5.66. The Labute approximate surface area is 180 Å². The van der Waals surface area contributed by atoms with Crippen LogP contribution in [-0.2, 0) is 14.4 Å². The van der Waals surface area contributed by atoms with E-state index in [9.17, 15) is 14.4 Å². The van der Waals surface area contributed by atoms with Crippen molar-refractivity contribution in [1.82, 2.24) is 19.6 Å². The van der Waals surface area contributed by atoms with Crippen molar-refractivity contribution in [2.24, 2.45) is 0 Å². The topological polar surface area (TPSA) is 64.2 Å². The molecule has 30 heavy (non-hydrogen) atoms. The summed E-state index contributed by atoms with van der Waals surface area (Å²) in [6, 6.07) is 0.0195. The summed E-state index contributed by atoms with van der Waals surface area (Å²) in [5, 5.41) is 0. The zero-order valence-electron chi connectivity index (χ0n) is 18.5. The van der Waals surface area contributed by atoms with E-state index in [0.29, 0.717) is 13.0 Å². The zero-order valence-corrected chi connectivity index (χ0v) is 18.5. The smallest absolute Gasteiger partial charge is 0.252 e. The molecule has 3 saturated heterocycles. The Hall–Kier alpha value is -2.05. The van der Waals surface area contributed by atoms with Gasteiger partial charge in [0.2, 0.25) is 11.8 Å². The average molecular weight is 417 g/mol. The number of hydrogen-bond acceptors (Lipinski definition) is 4. The van der Waals surface area contributed by atoms with E-state index in [1.165, 1.54) is 0 Å². The summed E-state index contributed by atoms with van der Waals surface area (Å²) in [6.45, 7) is 7.17. The number of fused-ring (bicyclic) bond motifs is 1. The van der Waals surface area contributed by atoms with Gasteiger partial charge in [-0.3, -0.25) is 14.4 Å². The van der Waals surface area contributed by atoms with Crippen molar-refractivity contribution in [3.8, 4) is 0 Å². The third-order valence-electron chi connectivity index (χ3n) is 7.28. The van der Waals surface area contributed by atoms with Crippen LogP contribution in [0, 0.1) is 0 Å². The minimum absolute atomic E-state index is 0.104. The van der Waals surface area contributed by atoms with Crippen LogP contribution in [0.4, 0.5) is 0 Å². The molecule has 3 atom stereocenters.